The van der Waals surface area contributed by atoms with E-state index in [1.54, 1.807) is 0 Å². The zero-order chi connectivity index (χ0) is 14.7. The summed E-state index contributed by atoms with van der Waals surface area (Å²) in [7, 11) is 0. The number of amides is 1. The van der Waals surface area contributed by atoms with Gasteiger partial charge < -0.3 is 10.1 Å². The molecule has 0 saturated carbocycles. The van der Waals surface area contributed by atoms with Crippen molar-refractivity contribution in [2.45, 2.75) is 26.3 Å². The van der Waals surface area contributed by atoms with Gasteiger partial charge in [0.05, 0.1) is 12.5 Å². The van der Waals surface area contributed by atoms with E-state index in [-0.39, 0.29) is 11.8 Å². The number of nitrogens with one attached hydrogen (secondary N) is 1. The van der Waals surface area contributed by atoms with Gasteiger partial charge in [-0.25, -0.2) is 0 Å². The number of fused-ring (bicyclic) bond motifs is 1. The van der Waals surface area contributed by atoms with Crippen LogP contribution in [-0.2, 0) is 22.5 Å². The van der Waals surface area contributed by atoms with Crippen LogP contribution in [0, 0.1) is 12.8 Å². The average molecular weight is 288 g/mol. The Labute approximate surface area is 126 Å². The maximum absolute atomic E-state index is 11.9. The molecule has 1 unspecified atom stereocenters. The monoisotopic (exact) mass is 288 g/mol. The van der Waals surface area contributed by atoms with Gasteiger partial charge in [0.15, 0.2) is 0 Å². The van der Waals surface area contributed by atoms with Gasteiger partial charge in [0.2, 0.25) is 5.91 Å². The summed E-state index contributed by atoms with van der Waals surface area (Å²) in [5.74, 6) is 0.218. The number of hydrogen-bond donors (Lipinski definition) is 1. The van der Waals surface area contributed by atoms with Crippen molar-refractivity contribution in [1.82, 2.24) is 10.2 Å². The Hall–Kier alpha value is -1.39. The molecule has 1 N–H and O–H groups in total. The first kappa shape index (κ1) is 14.5. The zero-order valence-electron chi connectivity index (χ0n) is 12.7. The number of benzene rings is 1. The van der Waals surface area contributed by atoms with Crippen molar-refractivity contribution in [3.63, 3.8) is 0 Å². The van der Waals surface area contributed by atoms with Crippen molar-refractivity contribution in [1.29, 1.82) is 0 Å². The Morgan fingerprint density at radius 3 is 3.14 bits per heavy atom. The molecule has 21 heavy (non-hydrogen) atoms. The quantitative estimate of drug-likeness (QED) is 0.913. The van der Waals surface area contributed by atoms with E-state index in [1.165, 1.54) is 16.7 Å². The SMILES string of the molecule is Cc1ccc2c(c1)CCN(CCNC(=O)C1CCOC1)C2. The van der Waals surface area contributed by atoms with Crippen LogP contribution < -0.4 is 5.32 Å². The molecule has 1 fully saturated rings. The van der Waals surface area contributed by atoms with Gasteiger partial charge in [0.1, 0.15) is 0 Å². The van der Waals surface area contributed by atoms with Crippen molar-refractivity contribution >= 4 is 5.91 Å². The lowest BCUT2D eigenvalue weighted by atomic mass is 9.98. The fraction of sp³-hybridized carbons (Fsp3) is 0.588. The van der Waals surface area contributed by atoms with Crippen LogP contribution in [0.1, 0.15) is 23.1 Å². The second-order valence-electron chi connectivity index (χ2n) is 6.15. The highest BCUT2D eigenvalue weighted by atomic mass is 16.5. The lowest BCUT2D eigenvalue weighted by Crippen LogP contribution is -2.39. The summed E-state index contributed by atoms with van der Waals surface area (Å²) in [6, 6.07) is 6.73. The number of hydrogen-bond acceptors (Lipinski definition) is 3. The van der Waals surface area contributed by atoms with E-state index >= 15 is 0 Å². The molecule has 1 saturated heterocycles. The molecule has 0 aromatic heterocycles. The second kappa shape index (κ2) is 6.58. The minimum Gasteiger partial charge on any atom is -0.381 e. The Balaban J connectivity index is 1.44. The molecule has 0 radical (unpaired) electrons. The summed E-state index contributed by atoms with van der Waals surface area (Å²) in [5, 5.41) is 3.04. The van der Waals surface area contributed by atoms with Crippen molar-refractivity contribution in [2.24, 2.45) is 5.92 Å². The summed E-state index contributed by atoms with van der Waals surface area (Å²) in [6.45, 7) is 7.19. The van der Waals surface area contributed by atoms with Gasteiger partial charge in [0, 0.05) is 32.8 Å². The number of aryl methyl sites for hydroxylation is 1. The van der Waals surface area contributed by atoms with Crippen LogP contribution in [0.4, 0.5) is 0 Å². The van der Waals surface area contributed by atoms with Crippen LogP contribution in [0.5, 0.6) is 0 Å². The third-order valence-electron chi connectivity index (χ3n) is 4.48. The van der Waals surface area contributed by atoms with Crippen molar-refractivity contribution < 1.29 is 9.53 Å². The maximum atomic E-state index is 11.9. The first-order valence-electron chi connectivity index (χ1n) is 7.88. The van der Waals surface area contributed by atoms with E-state index in [4.69, 9.17) is 4.74 Å². The summed E-state index contributed by atoms with van der Waals surface area (Å²) in [6.07, 6.45) is 1.98. The zero-order valence-corrected chi connectivity index (χ0v) is 12.7. The molecule has 1 atom stereocenters. The molecular weight excluding hydrogens is 264 g/mol. The molecule has 3 rings (SSSR count). The number of ether oxygens (including phenoxy) is 1. The van der Waals surface area contributed by atoms with Crippen molar-refractivity contribution in [3.8, 4) is 0 Å². The van der Waals surface area contributed by atoms with E-state index in [1.807, 2.05) is 0 Å². The molecule has 4 heteroatoms. The number of carbonyl (C=O) groups excluding carboxylic acids is 1. The largest absolute Gasteiger partial charge is 0.381 e. The minimum atomic E-state index is 0.0649. The number of carbonyl (C=O) groups is 1. The van der Waals surface area contributed by atoms with Gasteiger partial charge in [-0.2, -0.15) is 0 Å². The third kappa shape index (κ3) is 3.63. The number of rotatable bonds is 4. The molecule has 0 spiro atoms. The minimum absolute atomic E-state index is 0.0649. The first-order chi connectivity index (χ1) is 10.2. The van der Waals surface area contributed by atoms with Crippen LogP contribution in [-0.4, -0.2) is 43.7 Å². The molecule has 114 valence electrons. The maximum Gasteiger partial charge on any atom is 0.225 e. The lowest BCUT2D eigenvalue weighted by molar-refractivity contribution is -0.125. The molecule has 0 aliphatic carbocycles. The van der Waals surface area contributed by atoms with E-state index in [2.05, 4.69) is 35.3 Å². The normalized spacial score (nSPS) is 22.0. The first-order valence-corrected chi connectivity index (χ1v) is 7.88. The molecule has 1 aromatic carbocycles. The molecule has 1 amide bonds. The van der Waals surface area contributed by atoms with E-state index < -0.39 is 0 Å². The fourth-order valence-corrected chi connectivity index (χ4v) is 3.15. The second-order valence-corrected chi connectivity index (χ2v) is 6.15. The predicted molar refractivity (Wildman–Crippen MR) is 82.1 cm³/mol. The van der Waals surface area contributed by atoms with Crippen LogP contribution in [0.15, 0.2) is 18.2 Å². The Morgan fingerprint density at radius 2 is 2.33 bits per heavy atom. The molecule has 2 aliphatic rings. The Morgan fingerprint density at radius 1 is 1.43 bits per heavy atom. The van der Waals surface area contributed by atoms with Crippen molar-refractivity contribution in [2.75, 3.05) is 32.8 Å². The molecule has 2 aliphatic heterocycles. The van der Waals surface area contributed by atoms with Crippen LogP contribution >= 0.6 is 0 Å². The third-order valence-corrected chi connectivity index (χ3v) is 4.48. The van der Waals surface area contributed by atoms with Gasteiger partial charge in [-0.1, -0.05) is 23.8 Å². The molecular formula is C17H24N2O2. The molecule has 0 bridgehead atoms. The number of nitrogens with zero attached hydrogens (tertiary/aromatic N) is 1. The smallest absolute Gasteiger partial charge is 0.225 e. The van der Waals surface area contributed by atoms with Gasteiger partial charge in [-0.05, 0) is 30.9 Å². The molecule has 1 aromatic rings. The van der Waals surface area contributed by atoms with E-state index in [0.717, 1.165) is 45.6 Å². The van der Waals surface area contributed by atoms with Crippen LogP contribution in [0.25, 0.3) is 0 Å². The van der Waals surface area contributed by atoms with Gasteiger partial charge >= 0.3 is 0 Å². The van der Waals surface area contributed by atoms with Gasteiger partial charge in [-0.15, -0.1) is 0 Å². The standard InChI is InChI=1S/C17H24N2O2/c1-13-2-3-15-11-19(7-4-14(15)10-13)8-6-18-17(20)16-5-9-21-12-16/h2-3,10,16H,4-9,11-12H2,1H3,(H,18,20). The summed E-state index contributed by atoms with van der Waals surface area (Å²) in [5.41, 5.74) is 4.26. The highest BCUT2D eigenvalue weighted by Gasteiger charge is 2.23. The van der Waals surface area contributed by atoms with Crippen LogP contribution in [0.2, 0.25) is 0 Å². The lowest BCUT2D eigenvalue weighted by Gasteiger charge is -2.29. The summed E-state index contributed by atoms with van der Waals surface area (Å²) < 4.78 is 5.25. The Bertz CT molecular complexity index is 510. The average Bonchev–Trinajstić information content (AvgIpc) is 3.01. The van der Waals surface area contributed by atoms with Crippen molar-refractivity contribution in [3.05, 3.63) is 34.9 Å². The predicted octanol–water partition coefficient (Wildman–Crippen LogP) is 1.51. The van der Waals surface area contributed by atoms with Crippen LogP contribution in [0.3, 0.4) is 0 Å². The fourth-order valence-electron chi connectivity index (χ4n) is 3.15. The Kier molecular flexibility index (Phi) is 4.56. The van der Waals surface area contributed by atoms with Gasteiger partial charge in [-0.3, -0.25) is 9.69 Å². The summed E-state index contributed by atoms with van der Waals surface area (Å²) >= 11 is 0. The van der Waals surface area contributed by atoms with E-state index in [0.29, 0.717) is 6.61 Å². The van der Waals surface area contributed by atoms with E-state index in [9.17, 15) is 4.79 Å². The molecule has 4 nitrogen and oxygen atoms in total. The molecule has 2 heterocycles. The van der Waals surface area contributed by atoms with Gasteiger partial charge in [0.25, 0.3) is 0 Å². The summed E-state index contributed by atoms with van der Waals surface area (Å²) in [4.78, 5) is 14.3. The highest BCUT2D eigenvalue weighted by molar-refractivity contribution is 5.78. The highest BCUT2D eigenvalue weighted by Crippen LogP contribution is 2.19. The topological polar surface area (TPSA) is 41.6 Å².